The lowest BCUT2D eigenvalue weighted by molar-refractivity contribution is -0.122. The Morgan fingerprint density at radius 2 is 1.95 bits per heavy atom. The lowest BCUT2D eigenvalue weighted by atomic mass is 10.1. The van der Waals surface area contributed by atoms with E-state index in [4.69, 9.17) is 0 Å². The summed E-state index contributed by atoms with van der Waals surface area (Å²) in [4.78, 5) is 11.1. The normalized spacial score (nSPS) is 12.2. The molecule has 5 nitrogen and oxygen atoms in total. The lowest BCUT2D eigenvalue weighted by Crippen LogP contribution is -2.42. The molecule has 0 unspecified atom stereocenters. The van der Waals surface area contributed by atoms with Gasteiger partial charge in [-0.1, -0.05) is 15.9 Å². The molecule has 1 aromatic rings. The molecule has 0 atom stereocenters. The number of hydrogen-bond acceptors (Lipinski definition) is 3. The minimum atomic E-state index is -3.97. The maximum absolute atomic E-state index is 13.6. The first-order chi connectivity index (χ1) is 9.51. The van der Waals surface area contributed by atoms with E-state index in [1.54, 1.807) is 0 Å². The van der Waals surface area contributed by atoms with E-state index in [0.29, 0.717) is 4.47 Å². The first-order valence-corrected chi connectivity index (χ1v) is 8.54. The van der Waals surface area contributed by atoms with Crippen molar-refractivity contribution in [2.75, 3.05) is 6.54 Å². The van der Waals surface area contributed by atoms with Gasteiger partial charge in [0.05, 0.1) is 0 Å². The van der Waals surface area contributed by atoms with Crippen LogP contribution in [0.3, 0.4) is 0 Å². The average molecular weight is 381 g/mol. The van der Waals surface area contributed by atoms with Crippen LogP contribution in [0.15, 0.2) is 27.6 Å². The second kappa shape index (κ2) is 6.85. The van der Waals surface area contributed by atoms with Gasteiger partial charge in [0.2, 0.25) is 15.9 Å². The topological polar surface area (TPSA) is 75.3 Å². The first-order valence-electron chi connectivity index (χ1n) is 6.27. The standard InChI is InChI=1S/C13H18BrFN2O3S/c1-13(2,3)17-12(18)6-7-16-21(19,20)11-5-4-9(14)8-10(11)15/h4-5,8,16H,6-7H2,1-3H3,(H,17,18). The quantitative estimate of drug-likeness (QED) is 0.821. The van der Waals surface area contributed by atoms with E-state index >= 15 is 0 Å². The van der Waals surface area contributed by atoms with E-state index in [0.717, 1.165) is 12.1 Å². The molecule has 1 aromatic carbocycles. The van der Waals surface area contributed by atoms with Gasteiger partial charge in [-0.05, 0) is 39.0 Å². The number of carbonyl (C=O) groups excluding carboxylic acids is 1. The summed E-state index contributed by atoms with van der Waals surface area (Å²) in [6.07, 6.45) is -0.0192. The second-order valence-corrected chi connectivity index (χ2v) is 8.17. The molecule has 0 aliphatic heterocycles. The number of carbonyl (C=O) groups is 1. The van der Waals surface area contributed by atoms with Crippen molar-refractivity contribution in [1.82, 2.24) is 10.0 Å². The van der Waals surface area contributed by atoms with Crippen LogP contribution in [0.5, 0.6) is 0 Å². The summed E-state index contributed by atoms with van der Waals surface area (Å²) >= 11 is 3.05. The summed E-state index contributed by atoms with van der Waals surface area (Å²) in [5, 5.41) is 2.71. The third kappa shape index (κ3) is 6.11. The summed E-state index contributed by atoms with van der Waals surface area (Å²) in [6.45, 7) is 5.38. The minimum absolute atomic E-state index is 0.0192. The Bertz CT molecular complexity index is 627. The smallest absolute Gasteiger partial charge is 0.243 e. The molecule has 0 aromatic heterocycles. The summed E-state index contributed by atoms with van der Waals surface area (Å²) in [6, 6.07) is 3.67. The van der Waals surface area contributed by atoms with Crippen LogP contribution in [0.1, 0.15) is 27.2 Å². The lowest BCUT2D eigenvalue weighted by Gasteiger charge is -2.20. The Morgan fingerprint density at radius 3 is 2.48 bits per heavy atom. The fourth-order valence-corrected chi connectivity index (χ4v) is 2.97. The zero-order chi connectivity index (χ0) is 16.3. The second-order valence-electron chi connectivity index (χ2n) is 5.52. The Kier molecular flexibility index (Phi) is 5.89. The Hall–Kier alpha value is -0.990. The van der Waals surface area contributed by atoms with Gasteiger partial charge in [0.1, 0.15) is 10.7 Å². The molecular weight excluding hydrogens is 363 g/mol. The van der Waals surface area contributed by atoms with Gasteiger partial charge in [0, 0.05) is 23.0 Å². The zero-order valence-corrected chi connectivity index (χ0v) is 14.4. The third-order valence-electron chi connectivity index (χ3n) is 2.34. The van der Waals surface area contributed by atoms with Crippen molar-refractivity contribution < 1.29 is 17.6 Å². The third-order valence-corrected chi connectivity index (χ3v) is 4.33. The van der Waals surface area contributed by atoms with Crippen LogP contribution in [0.2, 0.25) is 0 Å². The van der Waals surface area contributed by atoms with E-state index in [1.165, 1.54) is 6.07 Å². The van der Waals surface area contributed by atoms with E-state index in [-0.39, 0.29) is 24.4 Å². The SMILES string of the molecule is CC(C)(C)NC(=O)CCNS(=O)(=O)c1ccc(Br)cc1F. The van der Waals surface area contributed by atoms with Crippen LogP contribution in [0.25, 0.3) is 0 Å². The summed E-state index contributed by atoms with van der Waals surface area (Å²) < 4.78 is 40.1. The van der Waals surface area contributed by atoms with Crippen molar-refractivity contribution in [3.8, 4) is 0 Å². The highest BCUT2D eigenvalue weighted by atomic mass is 79.9. The molecule has 1 amide bonds. The predicted molar refractivity (Wildman–Crippen MR) is 81.8 cm³/mol. The van der Waals surface area contributed by atoms with Gasteiger partial charge in [-0.15, -0.1) is 0 Å². The number of rotatable bonds is 5. The van der Waals surface area contributed by atoms with E-state index in [1.807, 2.05) is 20.8 Å². The van der Waals surface area contributed by atoms with Crippen molar-refractivity contribution in [2.24, 2.45) is 0 Å². The maximum atomic E-state index is 13.6. The van der Waals surface area contributed by atoms with Crippen molar-refractivity contribution in [3.63, 3.8) is 0 Å². The molecule has 0 spiro atoms. The Morgan fingerprint density at radius 1 is 1.33 bits per heavy atom. The number of hydrogen-bond donors (Lipinski definition) is 2. The van der Waals surface area contributed by atoms with Crippen LogP contribution in [-0.4, -0.2) is 26.4 Å². The molecule has 21 heavy (non-hydrogen) atoms. The van der Waals surface area contributed by atoms with Crippen molar-refractivity contribution >= 4 is 31.9 Å². The molecule has 0 bridgehead atoms. The minimum Gasteiger partial charge on any atom is -0.351 e. The molecule has 2 N–H and O–H groups in total. The fraction of sp³-hybridized carbons (Fsp3) is 0.462. The highest BCUT2D eigenvalue weighted by molar-refractivity contribution is 9.10. The van der Waals surface area contributed by atoms with E-state index < -0.39 is 20.7 Å². The maximum Gasteiger partial charge on any atom is 0.243 e. The molecule has 0 saturated carbocycles. The molecule has 0 saturated heterocycles. The molecule has 1 rings (SSSR count). The Labute approximate surface area is 132 Å². The molecule has 8 heteroatoms. The molecule has 0 radical (unpaired) electrons. The van der Waals surface area contributed by atoms with Crippen molar-refractivity contribution in [3.05, 3.63) is 28.5 Å². The van der Waals surface area contributed by atoms with Gasteiger partial charge < -0.3 is 5.32 Å². The van der Waals surface area contributed by atoms with Gasteiger partial charge in [-0.3, -0.25) is 4.79 Å². The van der Waals surface area contributed by atoms with Crippen LogP contribution in [0, 0.1) is 5.82 Å². The van der Waals surface area contributed by atoms with Gasteiger partial charge in [0.15, 0.2) is 0 Å². The number of amides is 1. The summed E-state index contributed by atoms with van der Waals surface area (Å²) in [7, 11) is -3.97. The fourth-order valence-electron chi connectivity index (χ4n) is 1.55. The summed E-state index contributed by atoms with van der Waals surface area (Å²) in [5.74, 6) is -1.13. The Balaban J connectivity index is 2.64. The van der Waals surface area contributed by atoms with E-state index in [9.17, 15) is 17.6 Å². The highest BCUT2D eigenvalue weighted by Crippen LogP contribution is 2.19. The number of benzene rings is 1. The number of nitrogens with one attached hydrogen (secondary N) is 2. The first kappa shape index (κ1) is 18.1. The van der Waals surface area contributed by atoms with E-state index in [2.05, 4.69) is 26.0 Å². The molecule has 118 valence electrons. The van der Waals surface area contributed by atoms with Gasteiger partial charge in [-0.25, -0.2) is 17.5 Å². The van der Waals surface area contributed by atoms with Crippen molar-refractivity contribution in [1.29, 1.82) is 0 Å². The van der Waals surface area contributed by atoms with Crippen molar-refractivity contribution in [2.45, 2.75) is 37.6 Å². The molecule has 0 aliphatic rings. The van der Waals surface area contributed by atoms with Gasteiger partial charge in [-0.2, -0.15) is 0 Å². The highest BCUT2D eigenvalue weighted by Gasteiger charge is 2.20. The number of sulfonamides is 1. The van der Waals surface area contributed by atoms with Gasteiger partial charge in [0.25, 0.3) is 0 Å². The number of halogens is 2. The summed E-state index contributed by atoms with van der Waals surface area (Å²) in [5.41, 5.74) is -0.381. The van der Waals surface area contributed by atoms with Crippen LogP contribution < -0.4 is 10.0 Å². The molecular formula is C13H18BrFN2O3S. The molecule has 0 aliphatic carbocycles. The van der Waals surface area contributed by atoms with Crippen LogP contribution in [-0.2, 0) is 14.8 Å². The van der Waals surface area contributed by atoms with Crippen LogP contribution >= 0.6 is 15.9 Å². The average Bonchev–Trinajstić information content (AvgIpc) is 2.25. The molecule has 0 fully saturated rings. The monoisotopic (exact) mass is 380 g/mol. The molecule has 0 heterocycles. The zero-order valence-electron chi connectivity index (χ0n) is 12.0. The van der Waals surface area contributed by atoms with Crippen LogP contribution in [0.4, 0.5) is 4.39 Å². The predicted octanol–water partition coefficient (Wildman–Crippen LogP) is 2.17. The largest absolute Gasteiger partial charge is 0.351 e. The van der Waals surface area contributed by atoms with Gasteiger partial charge >= 0.3 is 0 Å².